The molecule has 7 rings (SSSR count). The van der Waals surface area contributed by atoms with Crippen molar-refractivity contribution >= 4 is 44.3 Å². The molecule has 3 atom stereocenters. The summed E-state index contributed by atoms with van der Waals surface area (Å²) in [6.07, 6.45) is 4.88. The maximum atomic E-state index is 14.1. The van der Waals surface area contributed by atoms with E-state index in [1.165, 1.54) is 6.92 Å². The second kappa shape index (κ2) is 11.5. The molecule has 0 radical (unpaired) electrons. The number of rotatable bonds is 9. The Morgan fingerprint density at radius 1 is 1.06 bits per heavy atom. The van der Waals surface area contributed by atoms with Gasteiger partial charge >= 0.3 is 0 Å². The van der Waals surface area contributed by atoms with Crippen LogP contribution in [0, 0.1) is 12.3 Å². The average Bonchev–Trinajstić information content (AvgIpc) is 3.38. The summed E-state index contributed by atoms with van der Waals surface area (Å²) in [5.74, 6) is 0.986. The van der Waals surface area contributed by atoms with E-state index in [0.29, 0.717) is 50.8 Å². The molecule has 0 unspecified atom stereocenters. The van der Waals surface area contributed by atoms with E-state index in [2.05, 4.69) is 53.1 Å². The molecule has 2 fully saturated rings. The topological polar surface area (TPSA) is 150 Å². The molecule has 240 valence electrons. The lowest BCUT2D eigenvalue weighted by molar-refractivity contribution is -0.139. The number of carbonyl (C=O) groups excluding carboxylic acids is 3. The molecule has 4 aromatic heterocycles. The van der Waals surface area contributed by atoms with Gasteiger partial charge in [0.2, 0.25) is 17.7 Å². The van der Waals surface area contributed by atoms with Crippen LogP contribution in [-0.4, -0.2) is 69.4 Å². The Hall–Kier alpha value is -4.65. The van der Waals surface area contributed by atoms with Crippen LogP contribution in [-0.2, 0) is 22.6 Å². The lowest BCUT2D eigenvalue weighted by atomic mass is 9.96. The molecule has 5 heterocycles. The van der Waals surface area contributed by atoms with E-state index < -0.39 is 6.04 Å². The van der Waals surface area contributed by atoms with Gasteiger partial charge in [0.05, 0.1) is 29.2 Å². The van der Waals surface area contributed by atoms with Crippen molar-refractivity contribution in [2.45, 2.75) is 78.4 Å². The van der Waals surface area contributed by atoms with E-state index in [1.54, 1.807) is 34.1 Å². The molecule has 1 amide bonds. The average molecular weight is 698 g/mol. The summed E-state index contributed by atoms with van der Waals surface area (Å²) in [5, 5.41) is 13.6. The summed E-state index contributed by atoms with van der Waals surface area (Å²) >= 11 is 3.43. The van der Waals surface area contributed by atoms with Crippen LogP contribution in [0.2, 0.25) is 0 Å². The molecular weight excluding hydrogens is 664 g/mol. The number of amides is 1. The number of halogens is 1. The van der Waals surface area contributed by atoms with E-state index in [9.17, 15) is 14.4 Å². The molecular formula is C34H33BrN8O4. The largest absolute Gasteiger partial charge is 0.420 e. The molecule has 1 aliphatic heterocycles. The first-order valence-electron chi connectivity index (χ1n) is 15.6. The van der Waals surface area contributed by atoms with Crippen molar-refractivity contribution in [2.75, 3.05) is 0 Å². The summed E-state index contributed by atoms with van der Waals surface area (Å²) in [4.78, 5) is 55.6. The fourth-order valence-electron chi connectivity index (χ4n) is 6.56. The highest BCUT2D eigenvalue weighted by Crippen LogP contribution is 2.59. The summed E-state index contributed by atoms with van der Waals surface area (Å²) in [7, 11) is 0. The third-order valence-corrected chi connectivity index (χ3v) is 9.67. The van der Waals surface area contributed by atoms with Crippen molar-refractivity contribution in [1.29, 1.82) is 0 Å². The Morgan fingerprint density at radius 3 is 2.53 bits per heavy atom. The minimum Gasteiger partial charge on any atom is -0.420 e. The molecule has 5 aromatic rings. The fourth-order valence-corrected chi connectivity index (χ4v) is 6.91. The highest BCUT2D eigenvalue weighted by Gasteiger charge is 2.64. The minimum absolute atomic E-state index is 0.00387. The van der Waals surface area contributed by atoms with Gasteiger partial charge in [0.1, 0.15) is 22.7 Å². The Balaban J connectivity index is 1.16. The predicted molar refractivity (Wildman–Crippen MR) is 175 cm³/mol. The van der Waals surface area contributed by atoms with Crippen molar-refractivity contribution in [3.05, 3.63) is 70.4 Å². The van der Waals surface area contributed by atoms with E-state index in [4.69, 9.17) is 4.42 Å². The highest BCUT2D eigenvalue weighted by molar-refractivity contribution is 9.10. The third kappa shape index (κ3) is 5.66. The number of carbonyl (C=O) groups is 3. The van der Waals surface area contributed by atoms with Gasteiger partial charge in [0, 0.05) is 42.2 Å². The van der Waals surface area contributed by atoms with Gasteiger partial charge < -0.3 is 9.32 Å². The summed E-state index contributed by atoms with van der Waals surface area (Å²) in [6.45, 7) is 9.22. The van der Waals surface area contributed by atoms with Gasteiger partial charge in [-0.3, -0.25) is 19.1 Å². The standard InChI is InChI=1S/C34H33BrN8O4/c1-17(2)32-39-40-33(47-32)22-7-9-29(35)38-24(22)11-27(45)26-12-34(5)13-28(34)43(26)30(46)16-42-25-8-6-20(21-14-36-19(4)37-15-21)10-23(25)31(41-42)18(3)44/h6-10,14-15,17,26,28H,11-13,16H2,1-5H3/t26-,28+,34-/m0/s1. The number of aromatic nitrogens is 7. The van der Waals surface area contributed by atoms with Gasteiger partial charge in [-0.25, -0.2) is 15.0 Å². The number of hydrogen-bond acceptors (Lipinski definition) is 10. The van der Waals surface area contributed by atoms with Gasteiger partial charge in [-0.05, 0) is 70.9 Å². The van der Waals surface area contributed by atoms with Crippen LogP contribution in [0.25, 0.3) is 33.5 Å². The SMILES string of the molecule is CC(=O)c1nn(CC(=O)N2[C@H](C(=O)Cc3nc(Br)ccc3-c3nnc(C(C)C)o3)C[C@@]3(C)C[C@@H]23)c2ccc(-c3cnc(C)nc3)cc12. The molecule has 1 aromatic carbocycles. The molecule has 0 bridgehead atoms. The van der Waals surface area contributed by atoms with Crippen LogP contribution in [0.15, 0.2) is 51.7 Å². The molecule has 12 nitrogen and oxygen atoms in total. The maximum Gasteiger partial charge on any atom is 0.249 e. The smallest absolute Gasteiger partial charge is 0.249 e. The molecule has 47 heavy (non-hydrogen) atoms. The molecule has 1 saturated carbocycles. The van der Waals surface area contributed by atoms with Crippen molar-refractivity contribution in [2.24, 2.45) is 5.41 Å². The van der Waals surface area contributed by atoms with Gasteiger partial charge in [0.15, 0.2) is 11.6 Å². The van der Waals surface area contributed by atoms with Crippen molar-refractivity contribution < 1.29 is 18.8 Å². The Labute approximate surface area is 279 Å². The number of benzene rings is 1. The van der Waals surface area contributed by atoms with Gasteiger partial charge in [0.25, 0.3) is 0 Å². The molecule has 1 saturated heterocycles. The maximum absolute atomic E-state index is 14.1. The van der Waals surface area contributed by atoms with Crippen LogP contribution in [0.4, 0.5) is 0 Å². The van der Waals surface area contributed by atoms with Crippen LogP contribution in [0.3, 0.4) is 0 Å². The highest BCUT2D eigenvalue weighted by atomic mass is 79.9. The molecule has 1 aliphatic carbocycles. The molecule has 2 aliphatic rings. The minimum atomic E-state index is -0.615. The predicted octanol–water partition coefficient (Wildman–Crippen LogP) is 5.53. The zero-order valence-corrected chi connectivity index (χ0v) is 28.3. The van der Waals surface area contributed by atoms with Crippen molar-refractivity contribution in [3.8, 4) is 22.6 Å². The number of likely N-dealkylation sites (tertiary alicyclic amines) is 1. The summed E-state index contributed by atoms with van der Waals surface area (Å²) in [5.41, 5.74) is 3.55. The zero-order chi connectivity index (χ0) is 33.2. The third-order valence-electron chi connectivity index (χ3n) is 9.22. The monoisotopic (exact) mass is 696 g/mol. The van der Waals surface area contributed by atoms with E-state index in [-0.39, 0.29) is 53.5 Å². The number of ketones is 2. The lowest BCUT2D eigenvalue weighted by Crippen LogP contribution is -2.45. The van der Waals surface area contributed by atoms with Gasteiger partial charge in [-0.2, -0.15) is 5.10 Å². The normalized spacial score (nSPS) is 20.2. The van der Waals surface area contributed by atoms with Crippen LogP contribution in [0.5, 0.6) is 0 Å². The van der Waals surface area contributed by atoms with Crippen LogP contribution in [0.1, 0.15) is 74.4 Å². The number of pyridine rings is 1. The number of Topliss-reactive ketones (excluding diaryl/α,β-unsaturated/α-hetero) is 2. The Kier molecular flexibility index (Phi) is 7.61. The van der Waals surface area contributed by atoms with E-state index in [0.717, 1.165) is 17.5 Å². The quantitative estimate of drug-likeness (QED) is 0.142. The van der Waals surface area contributed by atoms with Crippen molar-refractivity contribution in [3.63, 3.8) is 0 Å². The number of piperidine rings is 1. The first kappa shape index (κ1) is 31.0. The van der Waals surface area contributed by atoms with Crippen LogP contribution < -0.4 is 0 Å². The first-order valence-corrected chi connectivity index (χ1v) is 16.3. The number of fused-ring (bicyclic) bond motifs is 2. The zero-order valence-electron chi connectivity index (χ0n) is 26.7. The van der Waals surface area contributed by atoms with Crippen molar-refractivity contribution in [1.82, 2.24) is 39.8 Å². The first-order chi connectivity index (χ1) is 22.4. The van der Waals surface area contributed by atoms with E-state index >= 15 is 0 Å². The van der Waals surface area contributed by atoms with Crippen LogP contribution >= 0.6 is 15.9 Å². The fraction of sp³-hybridized carbons (Fsp3) is 0.382. The molecule has 0 N–H and O–H groups in total. The number of aryl methyl sites for hydroxylation is 1. The van der Waals surface area contributed by atoms with E-state index in [1.807, 2.05) is 39.0 Å². The Bertz CT molecular complexity index is 2070. The second-order valence-electron chi connectivity index (χ2n) is 13.1. The molecule has 13 heteroatoms. The number of hydrogen-bond donors (Lipinski definition) is 0. The molecule has 0 spiro atoms. The Morgan fingerprint density at radius 2 is 1.83 bits per heavy atom. The number of nitrogens with zero attached hydrogens (tertiary/aromatic N) is 8. The van der Waals surface area contributed by atoms with Gasteiger partial charge in [-0.1, -0.05) is 26.8 Å². The lowest BCUT2D eigenvalue weighted by Gasteiger charge is -2.27. The van der Waals surface area contributed by atoms with Gasteiger partial charge in [-0.15, -0.1) is 10.2 Å². The second-order valence-corrected chi connectivity index (χ2v) is 13.9. The summed E-state index contributed by atoms with van der Waals surface area (Å²) in [6, 6.07) is 8.56. The summed E-state index contributed by atoms with van der Waals surface area (Å²) < 4.78 is 8.03.